The molecule has 1 atom stereocenters. The maximum absolute atomic E-state index is 11.9. The normalized spacial score (nSPS) is 12.0. The lowest BCUT2D eigenvalue weighted by atomic mass is 10.3. The topological polar surface area (TPSA) is 47.6 Å². The molecule has 1 N–H and O–H groups in total. The fourth-order valence-corrected chi connectivity index (χ4v) is 1.84. The molecule has 118 valence electrons. The van der Waals surface area contributed by atoms with E-state index in [1.54, 1.807) is 19.1 Å². The number of carbonyl (C=O) groups is 1. The van der Waals surface area contributed by atoms with Gasteiger partial charge in [0.1, 0.15) is 5.75 Å². The predicted octanol–water partition coefficient (Wildman–Crippen LogP) is 3.43. The number of hydrogen-bond donors (Lipinski definition) is 1. The first-order valence-electron chi connectivity index (χ1n) is 7.41. The van der Waals surface area contributed by atoms with Gasteiger partial charge in [-0.25, -0.2) is 0 Å². The zero-order valence-electron chi connectivity index (χ0n) is 12.7. The summed E-state index contributed by atoms with van der Waals surface area (Å²) in [4.78, 5) is 11.9. The largest absolute Gasteiger partial charge is 0.479 e. The molecule has 0 saturated heterocycles. The van der Waals surface area contributed by atoms with Gasteiger partial charge in [-0.15, -0.1) is 0 Å². The molecule has 5 heteroatoms. The second kappa shape index (κ2) is 10.5. The zero-order valence-corrected chi connectivity index (χ0v) is 13.5. The highest BCUT2D eigenvalue weighted by molar-refractivity contribution is 6.32. The van der Waals surface area contributed by atoms with Crippen LogP contribution in [-0.2, 0) is 9.53 Å². The van der Waals surface area contributed by atoms with E-state index in [1.165, 1.54) is 0 Å². The Bertz CT molecular complexity index is 426. The van der Waals surface area contributed by atoms with Crippen LogP contribution in [0.3, 0.4) is 0 Å². The number of nitrogens with one attached hydrogen (secondary N) is 1. The van der Waals surface area contributed by atoms with Gasteiger partial charge in [0.15, 0.2) is 6.10 Å². The number of carbonyl (C=O) groups excluding carboxylic acids is 1. The molecule has 21 heavy (non-hydrogen) atoms. The minimum atomic E-state index is -0.578. The van der Waals surface area contributed by atoms with Gasteiger partial charge in [-0.1, -0.05) is 37.1 Å². The van der Waals surface area contributed by atoms with Gasteiger partial charge >= 0.3 is 0 Å². The summed E-state index contributed by atoms with van der Waals surface area (Å²) >= 11 is 5.99. The highest BCUT2D eigenvalue weighted by Crippen LogP contribution is 2.24. The van der Waals surface area contributed by atoms with Crippen molar-refractivity contribution in [2.45, 2.75) is 39.2 Å². The summed E-state index contributed by atoms with van der Waals surface area (Å²) in [6.45, 7) is 5.87. The highest BCUT2D eigenvalue weighted by atomic mass is 35.5. The molecule has 1 amide bonds. The van der Waals surface area contributed by atoms with Crippen molar-refractivity contribution in [2.75, 3.05) is 19.8 Å². The van der Waals surface area contributed by atoms with Crippen molar-refractivity contribution in [1.29, 1.82) is 0 Å². The van der Waals surface area contributed by atoms with Gasteiger partial charge in [-0.3, -0.25) is 4.79 Å². The first kappa shape index (κ1) is 17.8. The molecule has 1 unspecified atom stereocenters. The van der Waals surface area contributed by atoms with Crippen LogP contribution in [0.4, 0.5) is 0 Å². The molecule has 0 fully saturated rings. The number of unbranched alkanes of at least 4 members (excludes halogenated alkanes) is 1. The number of hydrogen-bond acceptors (Lipinski definition) is 3. The van der Waals surface area contributed by atoms with E-state index in [2.05, 4.69) is 12.2 Å². The van der Waals surface area contributed by atoms with E-state index in [0.717, 1.165) is 25.9 Å². The van der Waals surface area contributed by atoms with Gasteiger partial charge in [-0.2, -0.15) is 0 Å². The zero-order chi connectivity index (χ0) is 15.5. The van der Waals surface area contributed by atoms with E-state index in [0.29, 0.717) is 23.9 Å². The van der Waals surface area contributed by atoms with Crippen molar-refractivity contribution in [2.24, 2.45) is 0 Å². The van der Waals surface area contributed by atoms with Crippen LogP contribution in [-0.4, -0.2) is 31.8 Å². The maximum atomic E-state index is 11.9. The molecule has 0 aliphatic carbocycles. The van der Waals surface area contributed by atoms with Crippen LogP contribution in [0.1, 0.15) is 33.1 Å². The molecule has 0 radical (unpaired) electrons. The molecule has 0 heterocycles. The average molecular weight is 314 g/mol. The second-order valence-corrected chi connectivity index (χ2v) is 5.21. The summed E-state index contributed by atoms with van der Waals surface area (Å²) in [7, 11) is 0. The van der Waals surface area contributed by atoms with Crippen LogP contribution < -0.4 is 10.1 Å². The molecule has 1 aromatic carbocycles. The number of halogens is 1. The van der Waals surface area contributed by atoms with Crippen LogP contribution in [0.15, 0.2) is 24.3 Å². The van der Waals surface area contributed by atoms with Gasteiger partial charge in [0.05, 0.1) is 5.02 Å². The van der Waals surface area contributed by atoms with E-state index in [9.17, 15) is 4.79 Å². The van der Waals surface area contributed by atoms with Crippen LogP contribution in [0.2, 0.25) is 5.02 Å². The molecule has 1 aromatic rings. The van der Waals surface area contributed by atoms with Crippen molar-refractivity contribution >= 4 is 17.5 Å². The minimum absolute atomic E-state index is 0.150. The lowest BCUT2D eigenvalue weighted by Gasteiger charge is -2.15. The van der Waals surface area contributed by atoms with Crippen molar-refractivity contribution in [3.63, 3.8) is 0 Å². The molecule has 0 saturated carbocycles. The Morgan fingerprint density at radius 2 is 2.00 bits per heavy atom. The average Bonchev–Trinajstić information content (AvgIpc) is 2.48. The molecule has 0 bridgehead atoms. The van der Waals surface area contributed by atoms with Gasteiger partial charge in [0, 0.05) is 19.8 Å². The van der Waals surface area contributed by atoms with Gasteiger partial charge in [0.25, 0.3) is 5.91 Å². The van der Waals surface area contributed by atoms with Crippen molar-refractivity contribution < 1.29 is 14.3 Å². The summed E-state index contributed by atoms with van der Waals surface area (Å²) in [5.74, 6) is 0.369. The molecule has 0 aliphatic rings. The standard InChI is InChI=1S/C16H24ClNO3/c1-3-4-11-20-12-7-10-18-16(19)13(2)21-15-9-6-5-8-14(15)17/h5-6,8-9,13H,3-4,7,10-12H2,1-2H3,(H,18,19). The number of ether oxygens (including phenoxy) is 2. The Labute approximate surface area is 131 Å². The van der Waals surface area contributed by atoms with Crippen LogP contribution in [0.25, 0.3) is 0 Å². The smallest absolute Gasteiger partial charge is 0.260 e. The monoisotopic (exact) mass is 313 g/mol. The minimum Gasteiger partial charge on any atom is -0.479 e. The highest BCUT2D eigenvalue weighted by Gasteiger charge is 2.15. The van der Waals surface area contributed by atoms with Gasteiger partial charge in [0.2, 0.25) is 0 Å². The molecule has 1 rings (SSSR count). The molecule has 4 nitrogen and oxygen atoms in total. The Hall–Kier alpha value is -1.26. The molecule has 0 aromatic heterocycles. The van der Waals surface area contributed by atoms with Crippen LogP contribution in [0.5, 0.6) is 5.75 Å². The summed E-state index contributed by atoms with van der Waals surface area (Å²) in [6.07, 6.45) is 2.43. The summed E-state index contributed by atoms with van der Waals surface area (Å²) < 4.78 is 11.0. The third-order valence-electron chi connectivity index (χ3n) is 2.92. The maximum Gasteiger partial charge on any atom is 0.260 e. The Balaban J connectivity index is 2.18. The van der Waals surface area contributed by atoms with E-state index in [4.69, 9.17) is 21.1 Å². The number of para-hydroxylation sites is 1. The lowest BCUT2D eigenvalue weighted by molar-refractivity contribution is -0.127. The van der Waals surface area contributed by atoms with Gasteiger partial charge in [-0.05, 0) is 31.9 Å². The van der Waals surface area contributed by atoms with Crippen LogP contribution in [0, 0.1) is 0 Å². The predicted molar refractivity (Wildman–Crippen MR) is 84.9 cm³/mol. The summed E-state index contributed by atoms with van der Waals surface area (Å²) in [5.41, 5.74) is 0. The fourth-order valence-electron chi connectivity index (χ4n) is 1.66. The quantitative estimate of drug-likeness (QED) is 0.673. The number of rotatable bonds is 10. The molecule has 0 spiro atoms. The van der Waals surface area contributed by atoms with E-state index in [1.807, 2.05) is 12.1 Å². The Morgan fingerprint density at radius 3 is 2.71 bits per heavy atom. The summed E-state index contributed by atoms with van der Waals surface area (Å²) in [6, 6.07) is 7.11. The van der Waals surface area contributed by atoms with Crippen molar-refractivity contribution in [3.05, 3.63) is 29.3 Å². The van der Waals surface area contributed by atoms with Crippen molar-refractivity contribution in [1.82, 2.24) is 5.32 Å². The fraction of sp³-hybridized carbons (Fsp3) is 0.562. The number of benzene rings is 1. The van der Waals surface area contributed by atoms with E-state index < -0.39 is 6.10 Å². The van der Waals surface area contributed by atoms with Crippen molar-refractivity contribution in [3.8, 4) is 5.75 Å². The van der Waals surface area contributed by atoms with E-state index >= 15 is 0 Å². The number of amides is 1. The third-order valence-corrected chi connectivity index (χ3v) is 3.23. The molecular formula is C16H24ClNO3. The first-order chi connectivity index (χ1) is 10.1. The lowest BCUT2D eigenvalue weighted by Crippen LogP contribution is -2.37. The van der Waals surface area contributed by atoms with Crippen LogP contribution >= 0.6 is 11.6 Å². The Kier molecular flexibility index (Phi) is 8.87. The summed E-state index contributed by atoms with van der Waals surface area (Å²) in [5, 5.41) is 3.33. The first-order valence-corrected chi connectivity index (χ1v) is 7.79. The third kappa shape index (κ3) is 7.34. The Morgan fingerprint density at radius 1 is 1.29 bits per heavy atom. The second-order valence-electron chi connectivity index (χ2n) is 4.80. The molecular weight excluding hydrogens is 290 g/mol. The van der Waals surface area contributed by atoms with Gasteiger partial charge < -0.3 is 14.8 Å². The molecule has 0 aliphatic heterocycles. The van der Waals surface area contributed by atoms with E-state index in [-0.39, 0.29) is 5.91 Å². The SMILES string of the molecule is CCCCOCCCNC(=O)C(C)Oc1ccccc1Cl.